The summed E-state index contributed by atoms with van der Waals surface area (Å²) in [5.74, 6) is -0.471. The average Bonchev–Trinajstić information content (AvgIpc) is 2.64. The second-order valence-electron chi connectivity index (χ2n) is 3.02. The number of carbonyl (C=O) groups is 1. The molecule has 0 atom stereocenters. The Morgan fingerprint density at radius 3 is 2.88 bits per heavy atom. The van der Waals surface area contributed by atoms with Gasteiger partial charge in [0.05, 0.1) is 5.56 Å². The van der Waals surface area contributed by atoms with E-state index in [1.54, 1.807) is 25.1 Å². The van der Waals surface area contributed by atoms with E-state index < -0.39 is 5.97 Å². The van der Waals surface area contributed by atoms with Crippen LogP contribution in [0.5, 0.6) is 0 Å². The SMILES string of the molecule is Cc1nnc(Sc2cccc(C(=O)O)c2)o1. The number of hydrogen-bond acceptors (Lipinski definition) is 5. The van der Waals surface area contributed by atoms with Crippen LogP contribution in [0.4, 0.5) is 0 Å². The first-order valence-electron chi connectivity index (χ1n) is 4.46. The molecule has 0 saturated carbocycles. The summed E-state index contributed by atoms with van der Waals surface area (Å²) in [6.07, 6.45) is 0. The van der Waals surface area contributed by atoms with E-state index in [1.165, 1.54) is 17.8 Å². The fourth-order valence-electron chi connectivity index (χ4n) is 1.11. The van der Waals surface area contributed by atoms with Gasteiger partial charge in [0.1, 0.15) is 0 Å². The number of aromatic carboxylic acids is 1. The zero-order valence-electron chi connectivity index (χ0n) is 8.38. The highest BCUT2D eigenvalue weighted by atomic mass is 32.2. The van der Waals surface area contributed by atoms with E-state index >= 15 is 0 Å². The number of carboxylic acids is 1. The van der Waals surface area contributed by atoms with Crippen molar-refractivity contribution < 1.29 is 14.3 Å². The van der Waals surface area contributed by atoms with Gasteiger partial charge in [0.2, 0.25) is 5.89 Å². The van der Waals surface area contributed by atoms with Crippen LogP contribution >= 0.6 is 11.8 Å². The van der Waals surface area contributed by atoms with Crippen LogP contribution < -0.4 is 0 Å². The topological polar surface area (TPSA) is 76.2 Å². The summed E-state index contributed by atoms with van der Waals surface area (Å²) in [6.45, 7) is 1.70. The van der Waals surface area contributed by atoms with Crippen LogP contribution in [0.3, 0.4) is 0 Å². The molecular formula is C10H8N2O3S. The van der Waals surface area contributed by atoms with Crippen LogP contribution in [0.1, 0.15) is 16.2 Å². The minimum atomic E-state index is -0.954. The van der Waals surface area contributed by atoms with E-state index in [4.69, 9.17) is 9.52 Å². The summed E-state index contributed by atoms with van der Waals surface area (Å²) in [6, 6.07) is 6.56. The summed E-state index contributed by atoms with van der Waals surface area (Å²) >= 11 is 1.24. The van der Waals surface area contributed by atoms with Crippen LogP contribution in [0.15, 0.2) is 38.8 Å². The molecule has 0 spiro atoms. The summed E-state index contributed by atoms with van der Waals surface area (Å²) in [5.41, 5.74) is 0.237. The van der Waals surface area contributed by atoms with E-state index in [-0.39, 0.29) is 5.56 Å². The first-order chi connectivity index (χ1) is 7.65. The quantitative estimate of drug-likeness (QED) is 0.880. The zero-order chi connectivity index (χ0) is 11.5. The number of rotatable bonds is 3. The van der Waals surface area contributed by atoms with Gasteiger partial charge >= 0.3 is 5.97 Å². The fraction of sp³-hybridized carbons (Fsp3) is 0.100. The van der Waals surface area contributed by atoms with Gasteiger partial charge in [-0.3, -0.25) is 0 Å². The van der Waals surface area contributed by atoms with Gasteiger partial charge in [0.15, 0.2) is 0 Å². The molecule has 0 bridgehead atoms. The molecule has 0 fully saturated rings. The summed E-state index contributed by atoms with van der Waals surface area (Å²) in [4.78, 5) is 11.5. The van der Waals surface area contributed by atoms with Crippen LogP contribution in [-0.4, -0.2) is 21.3 Å². The Bertz CT molecular complexity index is 524. The van der Waals surface area contributed by atoms with Crippen LogP contribution in [-0.2, 0) is 0 Å². The second kappa shape index (κ2) is 4.36. The second-order valence-corrected chi connectivity index (χ2v) is 4.05. The summed E-state index contributed by atoms with van der Waals surface area (Å²) < 4.78 is 5.18. The van der Waals surface area contributed by atoms with Crippen LogP contribution in [0.25, 0.3) is 0 Å². The zero-order valence-corrected chi connectivity index (χ0v) is 9.19. The molecule has 82 valence electrons. The molecule has 2 rings (SSSR count). The van der Waals surface area contributed by atoms with Gasteiger partial charge in [-0.25, -0.2) is 4.79 Å². The van der Waals surface area contributed by atoms with Gasteiger partial charge in [-0.05, 0) is 30.0 Å². The maximum Gasteiger partial charge on any atom is 0.335 e. The third-order valence-corrected chi connectivity index (χ3v) is 2.62. The summed E-state index contributed by atoms with van der Waals surface area (Å²) in [5, 5.41) is 16.7. The van der Waals surface area contributed by atoms with Gasteiger partial charge in [-0.1, -0.05) is 6.07 Å². The lowest BCUT2D eigenvalue weighted by Gasteiger charge is -1.98. The van der Waals surface area contributed by atoms with E-state index in [0.29, 0.717) is 11.1 Å². The minimum absolute atomic E-state index is 0.237. The molecule has 5 nitrogen and oxygen atoms in total. The molecule has 0 aliphatic heterocycles. The van der Waals surface area contributed by atoms with Crippen molar-refractivity contribution in [2.75, 3.05) is 0 Å². The highest BCUT2D eigenvalue weighted by Gasteiger charge is 2.07. The number of benzene rings is 1. The maximum absolute atomic E-state index is 10.7. The molecule has 1 heterocycles. The molecule has 0 aliphatic carbocycles. The monoisotopic (exact) mass is 236 g/mol. The number of aryl methyl sites for hydroxylation is 1. The Kier molecular flexibility index (Phi) is 2.91. The Labute approximate surface area is 95.5 Å². The first kappa shape index (κ1) is 10.7. The number of nitrogens with zero attached hydrogens (tertiary/aromatic N) is 2. The average molecular weight is 236 g/mol. The van der Waals surface area contributed by atoms with Crippen LogP contribution in [0, 0.1) is 6.92 Å². The number of carboxylic acid groups (broad SMARTS) is 1. The van der Waals surface area contributed by atoms with Crippen molar-refractivity contribution in [2.45, 2.75) is 17.0 Å². The van der Waals surface area contributed by atoms with E-state index in [2.05, 4.69) is 10.2 Å². The van der Waals surface area contributed by atoms with Crippen molar-refractivity contribution in [3.63, 3.8) is 0 Å². The maximum atomic E-state index is 10.7. The normalized spacial score (nSPS) is 10.3. The third kappa shape index (κ3) is 2.40. The molecule has 0 saturated heterocycles. The molecule has 0 radical (unpaired) electrons. The van der Waals surface area contributed by atoms with Gasteiger partial charge in [-0.2, -0.15) is 0 Å². The van der Waals surface area contributed by atoms with Crippen molar-refractivity contribution >= 4 is 17.7 Å². The molecule has 16 heavy (non-hydrogen) atoms. The molecule has 0 unspecified atom stereocenters. The van der Waals surface area contributed by atoms with E-state index in [9.17, 15) is 4.79 Å². The molecule has 0 aliphatic rings. The third-order valence-electron chi connectivity index (χ3n) is 1.79. The standard InChI is InChI=1S/C10H8N2O3S/c1-6-11-12-10(15-6)16-8-4-2-3-7(5-8)9(13)14/h2-5H,1H3,(H,13,14). The predicted octanol–water partition coefficient (Wildman–Crippen LogP) is 2.23. The lowest BCUT2D eigenvalue weighted by Crippen LogP contribution is -1.95. The highest BCUT2D eigenvalue weighted by Crippen LogP contribution is 2.26. The van der Waals surface area contributed by atoms with Crippen molar-refractivity contribution in [2.24, 2.45) is 0 Å². The molecule has 1 aromatic carbocycles. The van der Waals surface area contributed by atoms with Crippen molar-refractivity contribution in [3.8, 4) is 0 Å². The van der Waals surface area contributed by atoms with E-state index in [0.717, 1.165) is 4.90 Å². The molecule has 2 aromatic rings. The number of aromatic nitrogens is 2. The first-order valence-corrected chi connectivity index (χ1v) is 5.28. The Balaban J connectivity index is 2.21. The van der Waals surface area contributed by atoms with Gasteiger partial charge < -0.3 is 9.52 Å². The van der Waals surface area contributed by atoms with Crippen LogP contribution in [0.2, 0.25) is 0 Å². The van der Waals surface area contributed by atoms with E-state index in [1.807, 2.05) is 0 Å². The Morgan fingerprint density at radius 1 is 1.44 bits per heavy atom. The minimum Gasteiger partial charge on any atom is -0.478 e. The lowest BCUT2D eigenvalue weighted by molar-refractivity contribution is 0.0696. The molecule has 0 amide bonds. The van der Waals surface area contributed by atoms with Crippen molar-refractivity contribution in [3.05, 3.63) is 35.7 Å². The number of hydrogen-bond donors (Lipinski definition) is 1. The molecule has 1 aromatic heterocycles. The Morgan fingerprint density at radius 2 is 2.25 bits per heavy atom. The largest absolute Gasteiger partial charge is 0.478 e. The smallest absolute Gasteiger partial charge is 0.335 e. The molecule has 6 heteroatoms. The van der Waals surface area contributed by atoms with Gasteiger partial charge in [-0.15, -0.1) is 10.2 Å². The summed E-state index contributed by atoms with van der Waals surface area (Å²) in [7, 11) is 0. The fourth-order valence-corrected chi connectivity index (χ4v) is 1.89. The van der Waals surface area contributed by atoms with Gasteiger partial charge in [0, 0.05) is 11.8 Å². The van der Waals surface area contributed by atoms with Crippen molar-refractivity contribution in [1.82, 2.24) is 10.2 Å². The lowest BCUT2D eigenvalue weighted by atomic mass is 10.2. The van der Waals surface area contributed by atoms with Crippen molar-refractivity contribution in [1.29, 1.82) is 0 Å². The Hall–Kier alpha value is -1.82. The highest BCUT2D eigenvalue weighted by molar-refractivity contribution is 7.99. The molecule has 1 N–H and O–H groups in total. The predicted molar refractivity (Wildman–Crippen MR) is 56.6 cm³/mol. The van der Waals surface area contributed by atoms with Gasteiger partial charge in [0.25, 0.3) is 5.22 Å². The molecular weight excluding hydrogens is 228 g/mol.